The van der Waals surface area contributed by atoms with Gasteiger partial charge >= 0.3 is 0 Å². The Hall–Kier alpha value is -0.450. The molecule has 0 aromatic carbocycles. The van der Waals surface area contributed by atoms with Crippen LogP contribution in [0.1, 0.15) is 43.5 Å². The molecule has 0 amide bonds. The van der Waals surface area contributed by atoms with Crippen molar-refractivity contribution in [2.45, 2.75) is 46.3 Å². The minimum Gasteiger partial charge on any atom is -0.377 e. The maximum Gasteiger partial charge on any atom is 0.107 e. The largest absolute Gasteiger partial charge is 0.377 e. The molecule has 4 heteroatoms. The Labute approximate surface area is 102 Å². The second kappa shape index (κ2) is 6.99. The maximum absolute atomic E-state index is 5.44. The van der Waals surface area contributed by atoms with Crippen LogP contribution in [0.5, 0.6) is 0 Å². The van der Waals surface area contributed by atoms with E-state index in [1.54, 1.807) is 11.3 Å². The van der Waals surface area contributed by atoms with Gasteiger partial charge < -0.3 is 10.1 Å². The Morgan fingerprint density at radius 2 is 2.19 bits per heavy atom. The summed E-state index contributed by atoms with van der Waals surface area (Å²) in [7, 11) is 0. The van der Waals surface area contributed by atoms with Crippen molar-refractivity contribution >= 4 is 11.3 Å². The second-order valence-electron chi connectivity index (χ2n) is 4.21. The van der Waals surface area contributed by atoms with E-state index in [4.69, 9.17) is 4.74 Å². The van der Waals surface area contributed by atoms with Crippen LogP contribution in [0, 0.1) is 0 Å². The summed E-state index contributed by atoms with van der Waals surface area (Å²) in [6, 6.07) is 0. The molecule has 0 fully saturated rings. The molecule has 1 unspecified atom stereocenters. The van der Waals surface area contributed by atoms with Crippen molar-refractivity contribution in [3.8, 4) is 0 Å². The van der Waals surface area contributed by atoms with Crippen molar-refractivity contribution < 1.29 is 4.74 Å². The number of hydrogen-bond acceptors (Lipinski definition) is 4. The lowest BCUT2D eigenvalue weighted by atomic mass is 10.2. The Morgan fingerprint density at radius 1 is 1.44 bits per heavy atom. The third-order valence-corrected chi connectivity index (χ3v) is 3.60. The molecule has 0 saturated carbocycles. The Bertz CT molecular complexity index is 299. The molecule has 92 valence electrons. The molecule has 16 heavy (non-hydrogen) atoms. The second-order valence-corrected chi connectivity index (χ2v) is 5.35. The summed E-state index contributed by atoms with van der Waals surface area (Å²) >= 11 is 1.79. The number of nitrogens with zero attached hydrogens (tertiary/aromatic N) is 1. The van der Waals surface area contributed by atoms with Crippen LogP contribution in [0.3, 0.4) is 0 Å². The molecular weight excluding hydrogens is 220 g/mol. The number of rotatable bonds is 7. The molecule has 1 N–H and O–H groups in total. The molecule has 0 aliphatic heterocycles. The van der Waals surface area contributed by atoms with Crippen molar-refractivity contribution in [1.29, 1.82) is 0 Å². The van der Waals surface area contributed by atoms with Gasteiger partial charge in [0.05, 0.1) is 6.10 Å². The fourth-order valence-corrected chi connectivity index (χ4v) is 2.29. The van der Waals surface area contributed by atoms with E-state index in [1.165, 1.54) is 4.88 Å². The Morgan fingerprint density at radius 3 is 2.75 bits per heavy atom. The minimum atomic E-state index is 0.273. The SMILES string of the molecule is CCOC(C)CNCc1ncc(C(C)C)s1. The highest BCUT2D eigenvalue weighted by Crippen LogP contribution is 2.21. The van der Waals surface area contributed by atoms with Gasteiger partial charge in [0.25, 0.3) is 0 Å². The molecule has 0 aliphatic carbocycles. The van der Waals surface area contributed by atoms with Crippen molar-refractivity contribution in [3.63, 3.8) is 0 Å². The fourth-order valence-electron chi connectivity index (χ4n) is 1.40. The van der Waals surface area contributed by atoms with Crippen molar-refractivity contribution in [2.75, 3.05) is 13.2 Å². The van der Waals surface area contributed by atoms with E-state index in [1.807, 2.05) is 13.1 Å². The summed E-state index contributed by atoms with van der Waals surface area (Å²) in [5, 5.41) is 4.52. The van der Waals surface area contributed by atoms with Gasteiger partial charge in [0, 0.05) is 30.8 Å². The van der Waals surface area contributed by atoms with E-state index >= 15 is 0 Å². The molecule has 0 aliphatic rings. The van der Waals surface area contributed by atoms with Crippen LogP contribution in [0.4, 0.5) is 0 Å². The predicted octanol–water partition coefficient (Wildman–Crippen LogP) is 2.78. The van der Waals surface area contributed by atoms with Crippen molar-refractivity contribution in [3.05, 3.63) is 16.1 Å². The summed E-state index contributed by atoms with van der Waals surface area (Å²) < 4.78 is 5.44. The molecule has 0 spiro atoms. The Kier molecular flexibility index (Phi) is 5.95. The first-order chi connectivity index (χ1) is 7.63. The van der Waals surface area contributed by atoms with E-state index in [9.17, 15) is 0 Å². The zero-order chi connectivity index (χ0) is 12.0. The molecule has 0 bridgehead atoms. The summed E-state index contributed by atoms with van der Waals surface area (Å²) in [5.74, 6) is 0.577. The van der Waals surface area contributed by atoms with Gasteiger partial charge in [-0.1, -0.05) is 13.8 Å². The van der Waals surface area contributed by atoms with E-state index in [-0.39, 0.29) is 6.10 Å². The van der Waals surface area contributed by atoms with E-state index < -0.39 is 0 Å². The van der Waals surface area contributed by atoms with Gasteiger partial charge in [0.1, 0.15) is 5.01 Å². The van der Waals surface area contributed by atoms with Crippen LogP contribution in [0.25, 0.3) is 0 Å². The lowest BCUT2D eigenvalue weighted by Gasteiger charge is -2.11. The van der Waals surface area contributed by atoms with Gasteiger partial charge in [-0.25, -0.2) is 4.98 Å². The van der Waals surface area contributed by atoms with Gasteiger partial charge in [0.2, 0.25) is 0 Å². The van der Waals surface area contributed by atoms with Gasteiger partial charge in [-0.15, -0.1) is 11.3 Å². The summed E-state index contributed by atoms with van der Waals surface area (Å²) in [5.41, 5.74) is 0. The number of thiazole rings is 1. The molecule has 1 rings (SSSR count). The van der Waals surface area contributed by atoms with E-state index in [0.717, 1.165) is 24.7 Å². The topological polar surface area (TPSA) is 34.1 Å². The van der Waals surface area contributed by atoms with Crippen LogP contribution in [0.15, 0.2) is 6.20 Å². The molecule has 3 nitrogen and oxygen atoms in total. The van der Waals surface area contributed by atoms with Crippen LogP contribution in [-0.2, 0) is 11.3 Å². The zero-order valence-electron chi connectivity index (χ0n) is 10.6. The number of ether oxygens (including phenoxy) is 1. The lowest BCUT2D eigenvalue weighted by Crippen LogP contribution is -2.26. The third kappa shape index (κ3) is 4.60. The average Bonchev–Trinajstić information content (AvgIpc) is 2.67. The lowest BCUT2D eigenvalue weighted by molar-refractivity contribution is 0.0759. The minimum absolute atomic E-state index is 0.273. The first-order valence-electron chi connectivity index (χ1n) is 5.90. The van der Waals surface area contributed by atoms with Gasteiger partial charge in [-0.3, -0.25) is 0 Å². The average molecular weight is 242 g/mol. The van der Waals surface area contributed by atoms with Crippen LogP contribution in [-0.4, -0.2) is 24.2 Å². The molecular formula is C12H22N2OS. The molecule has 1 heterocycles. The predicted molar refractivity (Wildman–Crippen MR) is 69.0 cm³/mol. The Balaban J connectivity index is 2.26. The smallest absolute Gasteiger partial charge is 0.107 e. The first-order valence-corrected chi connectivity index (χ1v) is 6.72. The third-order valence-electron chi connectivity index (χ3n) is 2.30. The number of nitrogens with one attached hydrogen (secondary N) is 1. The quantitative estimate of drug-likeness (QED) is 0.798. The van der Waals surface area contributed by atoms with E-state index in [2.05, 4.69) is 31.1 Å². The molecule has 0 radical (unpaired) electrons. The highest BCUT2D eigenvalue weighted by atomic mass is 32.1. The molecule has 0 saturated heterocycles. The highest BCUT2D eigenvalue weighted by Gasteiger charge is 2.06. The summed E-state index contributed by atoms with van der Waals surface area (Å²) in [6.07, 6.45) is 2.26. The summed E-state index contributed by atoms with van der Waals surface area (Å²) in [6.45, 7) is 11.0. The number of aromatic nitrogens is 1. The monoisotopic (exact) mass is 242 g/mol. The van der Waals surface area contributed by atoms with Crippen molar-refractivity contribution in [1.82, 2.24) is 10.3 Å². The standard InChI is InChI=1S/C12H22N2OS/c1-5-15-10(4)6-13-8-12-14-7-11(16-12)9(2)3/h7,9-10,13H,5-6,8H2,1-4H3. The van der Waals surface area contributed by atoms with Gasteiger partial charge in [0.15, 0.2) is 0 Å². The summed E-state index contributed by atoms with van der Waals surface area (Å²) in [4.78, 5) is 5.75. The molecule has 1 aromatic heterocycles. The van der Waals surface area contributed by atoms with Crippen LogP contribution >= 0.6 is 11.3 Å². The molecule has 1 aromatic rings. The van der Waals surface area contributed by atoms with Crippen molar-refractivity contribution in [2.24, 2.45) is 0 Å². The van der Waals surface area contributed by atoms with Crippen LogP contribution in [0.2, 0.25) is 0 Å². The maximum atomic E-state index is 5.44. The van der Waals surface area contributed by atoms with Crippen LogP contribution < -0.4 is 5.32 Å². The van der Waals surface area contributed by atoms with Gasteiger partial charge in [-0.05, 0) is 19.8 Å². The van der Waals surface area contributed by atoms with E-state index in [0.29, 0.717) is 5.92 Å². The number of hydrogen-bond donors (Lipinski definition) is 1. The highest BCUT2D eigenvalue weighted by molar-refractivity contribution is 7.11. The first kappa shape index (κ1) is 13.6. The van der Waals surface area contributed by atoms with Gasteiger partial charge in [-0.2, -0.15) is 0 Å². The normalized spacial score (nSPS) is 13.3. The fraction of sp³-hybridized carbons (Fsp3) is 0.750. The molecule has 1 atom stereocenters. The zero-order valence-corrected chi connectivity index (χ0v) is 11.4.